The zero-order valence-electron chi connectivity index (χ0n) is 11.1. The third-order valence-corrected chi connectivity index (χ3v) is 3.65. The molecular weight excluding hydrogens is 240 g/mol. The standard InChI is InChI=1S/C14H20N4O/c15-10-12-11-16-14-13(4-3-7-18(12)14)19-9-8-17-5-1-2-6-17/h3-4,7,11H,1-2,5-6,8-10,15H2. The van der Waals surface area contributed by atoms with Gasteiger partial charge in [0.1, 0.15) is 6.61 Å². The van der Waals surface area contributed by atoms with Crippen LogP contribution < -0.4 is 10.5 Å². The molecule has 3 rings (SSSR count). The van der Waals surface area contributed by atoms with Gasteiger partial charge in [0.05, 0.1) is 11.9 Å². The van der Waals surface area contributed by atoms with Gasteiger partial charge >= 0.3 is 0 Å². The third kappa shape index (κ3) is 2.57. The Morgan fingerprint density at radius 2 is 2.16 bits per heavy atom. The lowest BCUT2D eigenvalue weighted by Crippen LogP contribution is -2.25. The minimum atomic E-state index is 0.485. The minimum absolute atomic E-state index is 0.485. The molecule has 2 aromatic heterocycles. The molecule has 3 heterocycles. The predicted molar refractivity (Wildman–Crippen MR) is 74.3 cm³/mol. The molecule has 5 nitrogen and oxygen atoms in total. The molecule has 102 valence electrons. The van der Waals surface area contributed by atoms with Gasteiger partial charge in [-0.15, -0.1) is 0 Å². The van der Waals surface area contributed by atoms with E-state index in [9.17, 15) is 0 Å². The van der Waals surface area contributed by atoms with Crippen LogP contribution in [0.5, 0.6) is 5.75 Å². The lowest BCUT2D eigenvalue weighted by atomic mass is 10.4. The number of fused-ring (bicyclic) bond motifs is 1. The minimum Gasteiger partial charge on any atom is -0.488 e. The van der Waals surface area contributed by atoms with Crippen molar-refractivity contribution < 1.29 is 4.74 Å². The molecule has 2 N–H and O–H groups in total. The Kier molecular flexibility index (Phi) is 3.66. The van der Waals surface area contributed by atoms with Gasteiger partial charge in [0.2, 0.25) is 0 Å². The smallest absolute Gasteiger partial charge is 0.179 e. The Morgan fingerprint density at radius 1 is 1.32 bits per heavy atom. The first-order valence-electron chi connectivity index (χ1n) is 6.88. The highest BCUT2D eigenvalue weighted by Gasteiger charge is 2.12. The van der Waals surface area contributed by atoms with Crippen molar-refractivity contribution in [3.63, 3.8) is 0 Å². The highest BCUT2D eigenvalue weighted by atomic mass is 16.5. The van der Waals surface area contributed by atoms with Gasteiger partial charge in [-0.25, -0.2) is 4.98 Å². The normalized spacial score (nSPS) is 16.3. The average molecular weight is 260 g/mol. The summed E-state index contributed by atoms with van der Waals surface area (Å²) in [5, 5.41) is 0. The molecule has 1 fully saturated rings. The fraction of sp³-hybridized carbons (Fsp3) is 0.500. The molecule has 0 atom stereocenters. The van der Waals surface area contributed by atoms with Crippen LogP contribution in [0.1, 0.15) is 18.5 Å². The topological polar surface area (TPSA) is 55.8 Å². The van der Waals surface area contributed by atoms with Gasteiger partial charge in [-0.05, 0) is 38.1 Å². The molecule has 0 amide bonds. The van der Waals surface area contributed by atoms with Crippen molar-refractivity contribution in [3.8, 4) is 5.75 Å². The van der Waals surface area contributed by atoms with E-state index < -0.39 is 0 Å². The first kappa shape index (κ1) is 12.4. The van der Waals surface area contributed by atoms with E-state index in [0.29, 0.717) is 13.2 Å². The molecule has 1 aliphatic heterocycles. The summed E-state index contributed by atoms with van der Waals surface area (Å²) < 4.78 is 7.86. The molecule has 0 aromatic carbocycles. The molecule has 0 bridgehead atoms. The summed E-state index contributed by atoms with van der Waals surface area (Å²) in [7, 11) is 0. The number of ether oxygens (including phenoxy) is 1. The molecule has 0 unspecified atom stereocenters. The Balaban J connectivity index is 1.68. The summed E-state index contributed by atoms with van der Waals surface area (Å²) in [6.07, 6.45) is 6.41. The van der Waals surface area contributed by atoms with E-state index in [4.69, 9.17) is 10.5 Å². The van der Waals surface area contributed by atoms with Crippen molar-refractivity contribution in [3.05, 3.63) is 30.2 Å². The van der Waals surface area contributed by atoms with Crippen molar-refractivity contribution in [1.29, 1.82) is 0 Å². The Bertz CT molecular complexity index is 545. The summed E-state index contributed by atoms with van der Waals surface area (Å²) in [5.41, 5.74) is 7.54. The molecule has 19 heavy (non-hydrogen) atoms. The Hall–Kier alpha value is -1.59. The van der Waals surface area contributed by atoms with Gasteiger partial charge in [-0.3, -0.25) is 9.30 Å². The van der Waals surface area contributed by atoms with Gasteiger partial charge in [0.25, 0.3) is 0 Å². The molecule has 0 saturated carbocycles. The first-order valence-corrected chi connectivity index (χ1v) is 6.88. The van der Waals surface area contributed by atoms with Crippen molar-refractivity contribution in [2.45, 2.75) is 19.4 Å². The number of nitrogens with two attached hydrogens (primary N) is 1. The number of rotatable bonds is 5. The van der Waals surface area contributed by atoms with Crippen LogP contribution in [0.4, 0.5) is 0 Å². The van der Waals surface area contributed by atoms with E-state index in [1.165, 1.54) is 25.9 Å². The highest BCUT2D eigenvalue weighted by Crippen LogP contribution is 2.19. The average Bonchev–Trinajstić information content (AvgIpc) is 3.07. The van der Waals surface area contributed by atoms with Crippen molar-refractivity contribution in [2.75, 3.05) is 26.2 Å². The molecule has 5 heteroatoms. The van der Waals surface area contributed by atoms with Crippen LogP contribution in [0, 0.1) is 0 Å². The summed E-state index contributed by atoms with van der Waals surface area (Å²) >= 11 is 0. The SMILES string of the molecule is NCc1cnc2c(OCCN3CCCC3)cccn12. The lowest BCUT2D eigenvalue weighted by Gasteiger charge is -2.15. The maximum absolute atomic E-state index is 5.87. The zero-order valence-corrected chi connectivity index (χ0v) is 11.1. The highest BCUT2D eigenvalue weighted by molar-refractivity contribution is 5.54. The largest absolute Gasteiger partial charge is 0.488 e. The third-order valence-electron chi connectivity index (χ3n) is 3.65. The molecule has 2 aromatic rings. The Morgan fingerprint density at radius 3 is 2.95 bits per heavy atom. The molecule has 1 saturated heterocycles. The predicted octanol–water partition coefficient (Wildman–Crippen LogP) is 1.27. The molecule has 0 spiro atoms. The number of hydrogen-bond donors (Lipinski definition) is 1. The lowest BCUT2D eigenvalue weighted by molar-refractivity contribution is 0.239. The van der Waals surface area contributed by atoms with E-state index >= 15 is 0 Å². The first-order chi connectivity index (χ1) is 9.38. The molecule has 1 aliphatic rings. The van der Waals surface area contributed by atoms with Gasteiger partial charge in [0.15, 0.2) is 11.4 Å². The van der Waals surface area contributed by atoms with Gasteiger partial charge in [-0.1, -0.05) is 0 Å². The van der Waals surface area contributed by atoms with Crippen LogP contribution >= 0.6 is 0 Å². The van der Waals surface area contributed by atoms with Crippen LogP contribution in [0.25, 0.3) is 5.65 Å². The number of imidazole rings is 1. The van der Waals surface area contributed by atoms with Crippen LogP contribution in [0.3, 0.4) is 0 Å². The number of aromatic nitrogens is 2. The molecule has 0 radical (unpaired) electrons. The van der Waals surface area contributed by atoms with E-state index in [2.05, 4.69) is 9.88 Å². The van der Waals surface area contributed by atoms with E-state index in [0.717, 1.165) is 23.6 Å². The number of likely N-dealkylation sites (tertiary alicyclic amines) is 1. The summed E-state index contributed by atoms with van der Waals surface area (Å²) in [4.78, 5) is 6.83. The quantitative estimate of drug-likeness (QED) is 0.879. The zero-order chi connectivity index (χ0) is 13.1. The fourth-order valence-electron chi connectivity index (χ4n) is 2.59. The van der Waals surface area contributed by atoms with Crippen molar-refractivity contribution >= 4 is 5.65 Å². The van der Waals surface area contributed by atoms with E-state index in [1.807, 2.05) is 28.9 Å². The van der Waals surface area contributed by atoms with Crippen LogP contribution in [-0.4, -0.2) is 40.5 Å². The summed E-state index contributed by atoms with van der Waals surface area (Å²) in [6.45, 7) is 4.59. The summed E-state index contributed by atoms with van der Waals surface area (Å²) in [6, 6.07) is 3.94. The second-order valence-corrected chi connectivity index (χ2v) is 4.92. The molecule has 0 aliphatic carbocycles. The van der Waals surface area contributed by atoms with E-state index in [-0.39, 0.29) is 0 Å². The fourth-order valence-corrected chi connectivity index (χ4v) is 2.59. The maximum Gasteiger partial charge on any atom is 0.179 e. The van der Waals surface area contributed by atoms with Crippen LogP contribution in [0.15, 0.2) is 24.5 Å². The van der Waals surface area contributed by atoms with Crippen LogP contribution in [-0.2, 0) is 6.54 Å². The van der Waals surface area contributed by atoms with Crippen molar-refractivity contribution in [1.82, 2.24) is 14.3 Å². The van der Waals surface area contributed by atoms with Gasteiger partial charge in [0, 0.05) is 19.3 Å². The maximum atomic E-state index is 5.87. The second-order valence-electron chi connectivity index (χ2n) is 4.92. The number of pyridine rings is 1. The van der Waals surface area contributed by atoms with E-state index in [1.54, 1.807) is 0 Å². The van der Waals surface area contributed by atoms with Gasteiger partial charge in [-0.2, -0.15) is 0 Å². The second kappa shape index (κ2) is 5.59. The van der Waals surface area contributed by atoms with Crippen molar-refractivity contribution in [2.24, 2.45) is 5.73 Å². The molecular formula is C14H20N4O. The van der Waals surface area contributed by atoms with Crippen LogP contribution in [0.2, 0.25) is 0 Å². The van der Waals surface area contributed by atoms with Gasteiger partial charge < -0.3 is 10.5 Å². The number of nitrogens with zero attached hydrogens (tertiary/aromatic N) is 3. The Labute approximate surface area is 113 Å². The summed E-state index contributed by atoms with van der Waals surface area (Å²) in [5.74, 6) is 0.835. The number of hydrogen-bond acceptors (Lipinski definition) is 4. The monoisotopic (exact) mass is 260 g/mol.